The standard InChI is InChI=1S/C21H24N2O2/c1-12-19-9-10-22-16-7-8-20(17(16)19)13-5-3-4-6-15(13)23-21(12,20)14(11-19)18(24)25-2/h3-6,9-10,12,14,16-17,22-23H,7-8,11H2,1-2H3/p+1/t12-,14+,16+,17+,19-,20+,21+/m0/s1. The lowest BCUT2D eigenvalue weighted by molar-refractivity contribution is -0.640. The Bertz CT molecular complexity index is 835. The van der Waals surface area contributed by atoms with Gasteiger partial charge in [-0.2, -0.15) is 0 Å². The molecule has 2 bridgehead atoms. The van der Waals surface area contributed by atoms with Crippen LogP contribution in [0.4, 0.5) is 5.69 Å². The number of carbonyl (C=O) groups is 1. The van der Waals surface area contributed by atoms with Gasteiger partial charge in [-0.1, -0.05) is 25.1 Å². The molecule has 7 atom stereocenters. The molecule has 2 aliphatic heterocycles. The minimum absolute atomic E-state index is 0.0340. The molecular formula is C21H25N2O2+. The predicted molar refractivity (Wildman–Crippen MR) is 93.8 cm³/mol. The van der Waals surface area contributed by atoms with Crippen LogP contribution < -0.4 is 10.6 Å². The van der Waals surface area contributed by atoms with E-state index in [1.807, 2.05) is 0 Å². The van der Waals surface area contributed by atoms with Crippen LogP contribution in [-0.2, 0) is 14.9 Å². The first-order valence-electron chi connectivity index (χ1n) is 9.60. The lowest BCUT2D eigenvalue weighted by Crippen LogP contribution is -2.88. The average Bonchev–Trinajstić information content (AvgIpc) is 3.29. The maximum atomic E-state index is 12.9. The number of methoxy groups -OCH3 is 1. The van der Waals surface area contributed by atoms with Crippen LogP contribution in [0.3, 0.4) is 0 Å². The van der Waals surface area contributed by atoms with Gasteiger partial charge in [0, 0.05) is 28.9 Å². The van der Waals surface area contributed by atoms with Gasteiger partial charge in [0.05, 0.1) is 30.8 Å². The number of ether oxygens (including phenoxy) is 1. The number of hydrogen-bond acceptors (Lipinski definition) is 3. The number of nitrogens with one attached hydrogen (secondary N) is 1. The number of nitrogens with two attached hydrogens (primary N) is 1. The average molecular weight is 337 g/mol. The summed E-state index contributed by atoms with van der Waals surface area (Å²) in [4.78, 5) is 12.9. The second kappa shape index (κ2) is 4.12. The van der Waals surface area contributed by atoms with Crippen LogP contribution in [0.5, 0.6) is 0 Å². The molecule has 3 N–H and O–H groups in total. The Morgan fingerprint density at radius 3 is 3.04 bits per heavy atom. The summed E-state index contributed by atoms with van der Waals surface area (Å²) in [7, 11) is 1.54. The molecule has 25 heavy (non-hydrogen) atoms. The second-order valence-electron chi connectivity index (χ2n) is 8.86. The first-order chi connectivity index (χ1) is 12.1. The van der Waals surface area contributed by atoms with Gasteiger partial charge >= 0.3 is 5.97 Å². The summed E-state index contributed by atoms with van der Waals surface area (Å²) in [5, 5.41) is 6.37. The number of para-hydroxylation sites is 1. The zero-order chi connectivity index (χ0) is 17.0. The zero-order valence-corrected chi connectivity index (χ0v) is 14.8. The van der Waals surface area contributed by atoms with Crippen molar-refractivity contribution in [1.29, 1.82) is 0 Å². The highest BCUT2D eigenvalue weighted by Gasteiger charge is 2.86. The molecule has 0 radical (unpaired) electrons. The number of fused-ring (bicyclic) bond motifs is 1. The van der Waals surface area contributed by atoms with Gasteiger partial charge in [0.2, 0.25) is 0 Å². The van der Waals surface area contributed by atoms with Crippen LogP contribution in [0.25, 0.3) is 0 Å². The van der Waals surface area contributed by atoms with Crippen molar-refractivity contribution in [3.63, 3.8) is 0 Å². The fourth-order valence-corrected chi connectivity index (χ4v) is 8.26. The van der Waals surface area contributed by atoms with Crippen molar-refractivity contribution >= 4 is 11.7 Å². The molecule has 3 fully saturated rings. The van der Waals surface area contributed by atoms with Crippen LogP contribution in [0.15, 0.2) is 36.5 Å². The monoisotopic (exact) mass is 337 g/mol. The molecule has 3 saturated carbocycles. The molecule has 3 aliphatic carbocycles. The highest BCUT2D eigenvalue weighted by Crippen LogP contribution is 2.81. The Labute approximate surface area is 148 Å². The largest absolute Gasteiger partial charge is 0.469 e. The SMILES string of the molecule is COC(=O)[C@H]1C[C@@]23C=C[NH2+][C@@H]4CC[C@@]5(c6ccccc6N[C@]15[C@H]2C)[C@H]43. The topological polar surface area (TPSA) is 54.9 Å². The minimum Gasteiger partial charge on any atom is -0.469 e. The van der Waals surface area contributed by atoms with E-state index >= 15 is 0 Å². The van der Waals surface area contributed by atoms with E-state index in [1.165, 1.54) is 24.1 Å². The quantitative estimate of drug-likeness (QED) is 0.768. The van der Waals surface area contributed by atoms with Gasteiger partial charge in [-0.05, 0) is 36.5 Å². The highest BCUT2D eigenvalue weighted by atomic mass is 16.5. The Balaban J connectivity index is 1.69. The van der Waals surface area contributed by atoms with E-state index in [1.54, 1.807) is 7.11 Å². The molecule has 4 heteroatoms. The summed E-state index contributed by atoms with van der Waals surface area (Å²) < 4.78 is 5.31. The lowest BCUT2D eigenvalue weighted by atomic mass is 9.55. The molecule has 0 unspecified atom stereocenters. The molecule has 0 aromatic heterocycles. The van der Waals surface area contributed by atoms with Gasteiger partial charge in [0.15, 0.2) is 0 Å². The summed E-state index contributed by atoms with van der Waals surface area (Å²) in [6.45, 7) is 2.38. The lowest BCUT2D eigenvalue weighted by Gasteiger charge is -2.49. The van der Waals surface area contributed by atoms with Gasteiger partial charge in [0.25, 0.3) is 0 Å². The molecule has 130 valence electrons. The fourth-order valence-electron chi connectivity index (χ4n) is 8.26. The number of hydrogen-bond donors (Lipinski definition) is 2. The van der Waals surface area contributed by atoms with Crippen molar-refractivity contribution in [1.82, 2.24) is 0 Å². The van der Waals surface area contributed by atoms with Gasteiger partial charge in [-0.3, -0.25) is 4.79 Å². The van der Waals surface area contributed by atoms with Gasteiger partial charge < -0.3 is 15.4 Å². The van der Waals surface area contributed by atoms with E-state index in [4.69, 9.17) is 4.74 Å². The summed E-state index contributed by atoms with van der Waals surface area (Å²) in [6, 6.07) is 9.43. The Morgan fingerprint density at radius 2 is 2.20 bits per heavy atom. The Kier molecular flexibility index (Phi) is 2.37. The number of carbonyl (C=O) groups excluding carboxylic acids is 1. The van der Waals surface area contributed by atoms with Crippen molar-refractivity contribution in [2.45, 2.75) is 43.2 Å². The van der Waals surface area contributed by atoms with Gasteiger partial charge in [0.1, 0.15) is 0 Å². The van der Waals surface area contributed by atoms with Crippen LogP contribution >= 0.6 is 0 Å². The molecule has 1 aromatic carbocycles. The zero-order valence-electron chi connectivity index (χ0n) is 14.8. The molecule has 0 amide bonds. The van der Waals surface area contributed by atoms with Crippen molar-refractivity contribution < 1.29 is 14.8 Å². The molecule has 6 rings (SSSR count). The van der Waals surface area contributed by atoms with Crippen molar-refractivity contribution in [3.05, 3.63) is 42.1 Å². The molecule has 5 aliphatic rings. The predicted octanol–water partition coefficient (Wildman–Crippen LogP) is 1.79. The third kappa shape index (κ3) is 1.19. The van der Waals surface area contributed by atoms with Crippen LogP contribution in [0.2, 0.25) is 0 Å². The Morgan fingerprint density at radius 1 is 1.36 bits per heavy atom. The number of anilines is 1. The maximum absolute atomic E-state index is 12.9. The van der Waals surface area contributed by atoms with E-state index in [-0.39, 0.29) is 28.3 Å². The van der Waals surface area contributed by atoms with Gasteiger partial charge in [-0.15, -0.1) is 0 Å². The van der Waals surface area contributed by atoms with E-state index in [2.05, 4.69) is 54.1 Å². The number of esters is 1. The number of allylic oxidation sites excluding steroid dienone is 1. The fraction of sp³-hybridized carbons (Fsp3) is 0.571. The van der Waals surface area contributed by atoms with Crippen LogP contribution in [0, 0.1) is 23.2 Å². The van der Waals surface area contributed by atoms with E-state index in [0.717, 1.165) is 6.42 Å². The molecule has 3 spiro atoms. The van der Waals surface area contributed by atoms with Crippen molar-refractivity contribution in [2.24, 2.45) is 23.2 Å². The third-order valence-electron chi connectivity index (χ3n) is 8.74. The van der Waals surface area contributed by atoms with Crippen LogP contribution in [-0.4, -0.2) is 24.7 Å². The minimum atomic E-state index is -0.203. The first-order valence-corrected chi connectivity index (χ1v) is 9.60. The number of benzene rings is 1. The summed E-state index contributed by atoms with van der Waals surface area (Å²) in [5.74, 6) is 0.928. The van der Waals surface area contributed by atoms with Gasteiger partial charge in [-0.25, -0.2) is 0 Å². The van der Waals surface area contributed by atoms with Crippen LogP contribution in [0.1, 0.15) is 31.7 Å². The second-order valence-corrected chi connectivity index (χ2v) is 8.86. The maximum Gasteiger partial charge on any atom is 0.311 e. The van der Waals surface area contributed by atoms with E-state index in [0.29, 0.717) is 17.9 Å². The Hall–Kier alpha value is -1.81. The van der Waals surface area contributed by atoms with Crippen molar-refractivity contribution in [3.8, 4) is 0 Å². The first kappa shape index (κ1) is 14.4. The number of quaternary nitrogens is 1. The molecule has 4 nitrogen and oxygen atoms in total. The molecule has 0 saturated heterocycles. The number of rotatable bonds is 1. The third-order valence-corrected chi connectivity index (χ3v) is 8.74. The normalized spacial score (nSPS) is 50.2. The van der Waals surface area contributed by atoms with E-state index in [9.17, 15) is 4.79 Å². The smallest absolute Gasteiger partial charge is 0.311 e. The van der Waals surface area contributed by atoms with E-state index < -0.39 is 0 Å². The van der Waals surface area contributed by atoms with Crippen molar-refractivity contribution in [2.75, 3.05) is 12.4 Å². The summed E-state index contributed by atoms with van der Waals surface area (Å²) in [6.07, 6.45) is 8.06. The highest BCUT2D eigenvalue weighted by molar-refractivity contribution is 5.82. The molecule has 1 aromatic rings. The summed E-state index contributed by atoms with van der Waals surface area (Å²) >= 11 is 0. The molecule has 2 heterocycles. The summed E-state index contributed by atoms with van der Waals surface area (Å²) in [5.41, 5.74) is 2.68. The molecular weight excluding hydrogens is 312 g/mol.